The number of aliphatic hydroxyl groups is 2. The Balaban J connectivity index is 4.12. The summed E-state index contributed by atoms with van der Waals surface area (Å²) in [5, 5.41) is 18.1. The number of methoxy groups -OCH3 is 2. The van der Waals surface area contributed by atoms with Crippen LogP contribution in [-0.2, 0) is 66.5 Å². The average molecular weight is 777 g/mol. The lowest BCUT2D eigenvalue weighted by Crippen LogP contribution is -2.16. The highest BCUT2D eigenvalue weighted by Crippen LogP contribution is 2.01. The molecule has 310 valence electrons. The van der Waals surface area contributed by atoms with E-state index in [1.54, 1.807) is 16.9 Å². The summed E-state index contributed by atoms with van der Waals surface area (Å²) in [5.74, 6) is -2.29. The summed E-state index contributed by atoms with van der Waals surface area (Å²) in [6.07, 6.45) is 13.2. The van der Waals surface area contributed by atoms with Crippen molar-refractivity contribution in [2.75, 3.05) is 133 Å². The van der Waals surface area contributed by atoms with Crippen LogP contribution in [0.15, 0.2) is 49.1 Å². The van der Waals surface area contributed by atoms with E-state index < -0.39 is 23.9 Å². The van der Waals surface area contributed by atoms with Crippen LogP contribution in [0.5, 0.6) is 0 Å². The van der Waals surface area contributed by atoms with Crippen LogP contribution in [-0.4, -0.2) is 177 Å². The van der Waals surface area contributed by atoms with Gasteiger partial charge in [0.05, 0.1) is 66.1 Å². The number of esters is 4. The first-order chi connectivity index (χ1) is 26.4. The Morgan fingerprint density at radius 1 is 0.407 bits per heavy atom. The molecule has 2 N–H and O–H groups in total. The van der Waals surface area contributed by atoms with Gasteiger partial charge in [-0.2, -0.15) is 0 Å². The summed E-state index contributed by atoms with van der Waals surface area (Å²) in [7, 11) is 3.07. The van der Waals surface area contributed by atoms with Crippen molar-refractivity contribution < 1.29 is 76.8 Å². The molecule has 0 atom stereocenters. The highest BCUT2D eigenvalue weighted by molar-refractivity contribution is 5.83. The molecule has 0 bridgehead atoms. The number of ether oxygens (including phenoxy) is 10. The minimum atomic E-state index is -0.591. The van der Waals surface area contributed by atoms with E-state index in [1.807, 2.05) is 0 Å². The van der Waals surface area contributed by atoms with Gasteiger partial charge in [-0.25, -0.2) is 19.2 Å². The molecule has 0 aromatic rings. The summed E-state index contributed by atoms with van der Waals surface area (Å²) in [5.41, 5.74) is 0. The van der Waals surface area contributed by atoms with Gasteiger partial charge in [-0.15, -0.1) is 0 Å². The third kappa shape index (κ3) is 35.2. The van der Waals surface area contributed by atoms with Gasteiger partial charge in [-0.1, -0.05) is 0 Å². The van der Waals surface area contributed by atoms with Crippen LogP contribution in [0.1, 0.15) is 25.7 Å². The van der Waals surface area contributed by atoms with E-state index in [9.17, 15) is 19.2 Å². The van der Waals surface area contributed by atoms with Gasteiger partial charge in [0.2, 0.25) is 0 Å². The van der Waals surface area contributed by atoms with Crippen LogP contribution >= 0.6 is 0 Å². The zero-order chi connectivity index (χ0) is 39.7. The molecule has 0 fully saturated rings. The van der Waals surface area contributed by atoms with Crippen molar-refractivity contribution in [3.8, 4) is 0 Å². The van der Waals surface area contributed by atoms with Crippen molar-refractivity contribution in [2.45, 2.75) is 25.7 Å². The molecule has 0 aromatic heterocycles. The van der Waals surface area contributed by atoms with E-state index in [1.165, 1.54) is 56.2 Å². The summed E-state index contributed by atoms with van der Waals surface area (Å²) >= 11 is 0. The summed E-state index contributed by atoms with van der Waals surface area (Å²) in [6, 6.07) is 0. The predicted octanol–water partition coefficient (Wildman–Crippen LogP) is 0.722. The molecule has 0 spiro atoms. The van der Waals surface area contributed by atoms with Crippen LogP contribution in [0.3, 0.4) is 0 Å². The third-order valence-electron chi connectivity index (χ3n) is 6.38. The number of aliphatic hydroxyl groups excluding tert-OH is 2. The number of hydrogen-bond acceptors (Lipinski definition) is 18. The van der Waals surface area contributed by atoms with Crippen LogP contribution in [0, 0.1) is 0 Å². The Morgan fingerprint density at radius 3 is 0.963 bits per heavy atom. The number of nitrogens with zero attached hydrogens (tertiary/aromatic N) is 2. The lowest BCUT2D eigenvalue weighted by molar-refractivity contribution is -0.140. The lowest BCUT2D eigenvalue weighted by Gasteiger charge is -2.15. The molecule has 0 saturated carbocycles. The van der Waals surface area contributed by atoms with Gasteiger partial charge in [0, 0.05) is 89.6 Å². The fraction of sp³-hybridized carbons (Fsp3) is 0.667. The summed E-state index contributed by atoms with van der Waals surface area (Å²) in [4.78, 5) is 51.1. The molecule has 54 heavy (non-hydrogen) atoms. The SMILES string of the molecule is COCCOCCOC(=O)/C=C/N(/C=C/C(=O)OCCOCCOCCOCCOC(=O)/C=C/N(/C=C/C(=O)OCCOC)CCCCO)CCCCO. The molecule has 0 aliphatic heterocycles. The maximum atomic E-state index is 12.1. The number of carbonyl (C=O) groups excluding carboxylic acids is 4. The topological polar surface area (TPSA) is 208 Å². The Hall–Kier alpha value is -3.88. The van der Waals surface area contributed by atoms with Crippen molar-refractivity contribution in [1.82, 2.24) is 9.80 Å². The molecule has 0 saturated heterocycles. The second kappa shape index (κ2) is 38.8. The normalized spacial score (nSPS) is 11.6. The second-order valence-electron chi connectivity index (χ2n) is 10.7. The van der Waals surface area contributed by atoms with Crippen molar-refractivity contribution >= 4 is 23.9 Å². The number of rotatable bonds is 37. The monoisotopic (exact) mass is 776 g/mol. The first kappa shape index (κ1) is 50.1. The van der Waals surface area contributed by atoms with Crippen LogP contribution in [0.4, 0.5) is 0 Å². The van der Waals surface area contributed by atoms with Gasteiger partial charge in [-0.05, 0) is 25.7 Å². The molecular weight excluding hydrogens is 716 g/mol. The fourth-order valence-electron chi connectivity index (χ4n) is 3.64. The average Bonchev–Trinajstić information content (AvgIpc) is 3.16. The van der Waals surface area contributed by atoms with Crippen LogP contribution in [0.25, 0.3) is 0 Å². The zero-order valence-electron chi connectivity index (χ0n) is 31.7. The highest BCUT2D eigenvalue weighted by atomic mass is 16.6. The quantitative estimate of drug-likeness (QED) is 0.0386. The standard InChI is InChI=1S/C36H60N2O16/c1-45-19-21-47-26-30-52-34(42)8-15-38(12-4-6-18-40)16-10-36(44)54-32-28-50-25-23-48-22-24-49-27-31-53-35(43)9-14-37(11-3-5-17-39)13-7-33(41)51-29-20-46-2/h7-10,13-16,39-40H,3-6,11-12,17-32H2,1-2H3/b13-7+,14-9+,15-8+,16-10+. The predicted molar refractivity (Wildman–Crippen MR) is 193 cm³/mol. The van der Waals surface area contributed by atoms with Crippen molar-refractivity contribution in [2.24, 2.45) is 0 Å². The minimum Gasteiger partial charge on any atom is -0.460 e. The van der Waals surface area contributed by atoms with Gasteiger partial charge in [-0.3, -0.25) is 0 Å². The molecule has 0 aliphatic carbocycles. The van der Waals surface area contributed by atoms with E-state index in [4.69, 9.17) is 57.6 Å². The molecule has 0 aromatic carbocycles. The van der Waals surface area contributed by atoms with Crippen molar-refractivity contribution in [3.05, 3.63) is 49.1 Å². The maximum absolute atomic E-state index is 12.1. The molecular formula is C36H60N2O16. The summed E-state index contributed by atoms with van der Waals surface area (Å²) < 4.78 is 51.4. The second-order valence-corrected chi connectivity index (χ2v) is 10.7. The van der Waals surface area contributed by atoms with Gasteiger partial charge < -0.3 is 67.4 Å². The zero-order valence-corrected chi connectivity index (χ0v) is 31.7. The molecule has 0 unspecified atom stereocenters. The first-order valence-corrected chi connectivity index (χ1v) is 17.8. The lowest BCUT2D eigenvalue weighted by atomic mass is 10.3. The Kier molecular flexibility index (Phi) is 36.0. The van der Waals surface area contributed by atoms with Gasteiger partial charge in [0.25, 0.3) is 0 Å². The van der Waals surface area contributed by atoms with Gasteiger partial charge in [0.1, 0.15) is 26.4 Å². The molecule has 0 amide bonds. The van der Waals surface area contributed by atoms with E-state index in [0.717, 1.165) is 0 Å². The molecule has 18 heteroatoms. The number of unbranched alkanes of at least 4 members (excludes halogenated alkanes) is 2. The molecule has 0 heterocycles. The van der Waals surface area contributed by atoms with Gasteiger partial charge >= 0.3 is 23.9 Å². The van der Waals surface area contributed by atoms with E-state index in [2.05, 4.69) is 0 Å². The smallest absolute Gasteiger partial charge is 0.332 e. The van der Waals surface area contributed by atoms with E-state index in [0.29, 0.717) is 65.2 Å². The van der Waals surface area contributed by atoms with E-state index in [-0.39, 0.29) is 79.3 Å². The minimum absolute atomic E-state index is 0.0269. The maximum Gasteiger partial charge on any atom is 0.332 e. The molecule has 18 nitrogen and oxygen atoms in total. The van der Waals surface area contributed by atoms with E-state index >= 15 is 0 Å². The third-order valence-corrected chi connectivity index (χ3v) is 6.38. The summed E-state index contributed by atoms with van der Waals surface area (Å²) in [6.45, 7) is 4.13. The number of hydrogen-bond donors (Lipinski definition) is 2. The Bertz CT molecular complexity index is 1070. The highest BCUT2D eigenvalue weighted by Gasteiger charge is 2.04. The number of carbonyl (C=O) groups is 4. The molecule has 0 rings (SSSR count). The largest absolute Gasteiger partial charge is 0.460 e. The van der Waals surface area contributed by atoms with Crippen molar-refractivity contribution in [1.29, 1.82) is 0 Å². The Labute approximate surface area is 318 Å². The molecule has 0 radical (unpaired) electrons. The first-order valence-electron chi connectivity index (χ1n) is 17.8. The fourth-order valence-corrected chi connectivity index (χ4v) is 3.64. The van der Waals surface area contributed by atoms with Crippen LogP contribution < -0.4 is 0 Å². The van der Waals surface area contributed by atoms with Crippen LogP contribution in [0.2, 0.25) is 0 Å². The Morgan fingerprint density at radius 2 is 0.667 bits per heavy atom. The van der Waals surface area contributed by atoms with Crippen molar-refractivity contribution in [3.63, 3.8) is 0 Å². The molecule has 0 aliphatic rings. The van der Waals surface area contributed by atoms with Gasteiger partial charge in [0.15, 0.2) is 0 Å².